The van der Waals surface area contributed by atoms with Gasteiger partial charge in [0.05, 0.1) is 6.10 Å². The summed E-state index contributed by atoms with van der Waals surface area (Å²) in [7, 11) is 0. The molecular formula is C18H35NO. The molecule has 0 spiro atoms. The Bertz CT molecular complexity index is 256. The molecule has 0 bridgehead atoms. The van der Waals surface area contributed by atoms with Crippen molar-refractivity contribution in [2.45, 2.75) is 84.3 Å². The lowest BCUT2D eigenvalue weighted by atomic mass is 9.75. The van der Waals surface area contributed by atoms with E-state index in [9.17, 15) is 0 Å². The molecule has 0 heterocycles. The highest BCUT2D eigenvalue weighted by atomic mass is 16.5. The van der Waals surface area contributed by atoms with Crippen LogP contribution in [0.3, 0.4) is 0 Å². The molecule has 0 saturated heterocycles. The van der Waals surface area contributed by atoms with Crippen LogP contribution in [0.2, 0.25) is 0 Å². The second-order valence-corrected chi connectivity index (χ2v) is 6.93. The Kier molecular flexibility index (Phi) is 6.83. The van der Waals surface area contributed by atoms with E-state index >= 15 is 0 Å². The van der Waals surface area contributed by atoms with Gasteiger partial charge in [-0.15, -0.1) is 0 Å². The third-order valence-electron chi connectivity index (χ3n) is 5.41. The lowest BCUT2D eigenvalue weighted by molar-refractivity contribution is -0.00486. The quantitative estimate of drug-likeness (QED) is 0.677. The van der Waals surface area contributed by atoms with Gasteiger partial charge in [-0.1, -0.05) is 33.1 Å². The Labute approximate surface area is 126 Å². The first kappa shape index (κ1) is 16.3. The van der Waals surface area contributed by atoms with Crippen LogP contribution >= 0.6 is 0 Å². The van der Waals surface area contributed by atoms with E-state index in [1.54, 1.807) is 0 Å². The molecule has 2 saturated carbocycles. The highest BCUT2D eigenvalue weighted by Crippen LogP contribution is 2.41. The fourth-order valence-electron chi connectivity index (χ4n) is 3.97. The van der Waals surface area contributed by atoms with Crippen molar-refractivity contribution >= 4 is 0 Å². The van der Waals surface area contributed by atoms with Crippen LogP contribution in [0.4, 0.5) is 0 Å². The summed E-state index contributed by atoms with van der Waals surface area (Å²) in [6.45, 7) is 8.79. The molecule has 20 heavy (non-hydrogen) atoms. The van der Waals surface area contributed by atoms with E-state index in [0.717, 1.165) is 30.9 Å². The predicted octanol–water partition coefficient (Wildman–Crippen LogP) is 4.39. The van der Waals surface area contributed by atoms with E-state index in [-0.39, 0.29) is 0 Å². The zero-order chi connectivity index (χ0) is 14.4. The van der Waals surface area contributed by atoms with E-state index in [1.807, 2.05) is 0 Å². The fourth-order valence-corrected chi connectivity index (χ4v) is 3.97. The molecule has 2 fully saturated rings. The van der Waals surface area contributed by atoms with Crippen molar-refractivity contribution in [2.75, 3.05) is 13.2 Å². The van der Waals surface area contributed by atoms with Crippen LogP contribution < -0.4 is 5.32 Å². The maximum Gasteiger partial charge on any atom is 0.0758 e. The number of hydrogen-bond donors (Lipinski definition) is 1. The first-order chi connectivity index (χ1) is 9.80. The van der Waals surface area contributed by atoms with E-state index in [0.29, 0.717) is 12.1 Å². The summed E-state index contributed by atoms with van der Waals surface area (Å²) in [5, 5.41) is 3.85. The molecule has 2 heteroatoms. The average molecular weight is 281 g/mol. The van der Waals surface area contributed by atoms with Crippen molar-refractivity contribution in [3.8, 4) is 0 Å². The summed E-state index contributed by atoms with van der Waals surface area (Å²) in [6, 6.07) is 0.611. The summed E-state index contributed by atoms with van der Waals surface area (Å²) in [5.41, 5.74) is 0. The lowest BCUT2D eigenvalue weighted by Gasteiger charge is -2.38. The number of hydrogen-bond acceptors (Lipinski definition) is 2. The SMILES string of the molecule is CCCNC(C1CCC(CC)CC1)C(OCC)C1CC1. The normalized spacial score (nSPS) is 30.1. The van der Waals surface area contributed by atoms with Crippen molar-refractivity contribution < 1.29 is 4.74 Å². The molecule has 0 aromatic heterocycles. The molecule has 2 aliphatic rings. The standard InChI is InChI=1S/C18H35NO/c1-4-13-19-17(18(20-6-3)16-11-12-16)15-9-7-14(5-2)8-10-15/h14-19H,4-13H2,1-3H3. The number of rotatable bonds is 9. The molecule has 0 aliphatic heterocycles. The summed E-state index contributed by atoms with van der Waals surface area (Å²) < 4.78 is 6.17. The zero-order valence-electron chi connectivity index (χ0n) is 13.9. The van der Waals surface area contributed by atoms with Crippen LogP contribution in [0.25, 0.3) is 0 Å². The molecule has 0 amide bonds. The predicted molar refractivity (Wildman–Crippen MR) is 86.0 cm³/mol. The Morgan fingerprint density at radius 2 is 1.60 bits per heavy atom. The minimum Gasteiger partial charge on any atom is -0.377 e. The van der Waals surface area contributed by atoms with Gasteiger partial charge in [0.15, 0.2) is 0 Å². The first-order valence-corrected chi connectivity index (χ1v) is 9.15. The van der Waals surface area contributed by atoms with E-state index in [2.05, 4.69) is 26.1 Å². The van der Waals surface area contributed by atoms with Gasteiger partial charge >= 0.3 is 0 Å². The second kappa shape index (κ2) is 8.38. The van der Waals surface area contributed by atoms with Gasteiger partial charge in [-0.25, -0.2) is 0 Å². The van der Waals surface area contributed by atoms with Crippen LogP contribution in [0.15, 0.2) is 0 Å². The van der Waals surface area contributed by atoms with Crippen molar-refractivity contribution in [3.63, 3.8) is 0 Å². The second-order valence-electron chi connectivity index (χ2n) is 6.93. The van der Waals surface area contributed by atoms with E-state index in [4.69, 9.17) is 4.74 Å². The Balaban J connectivity index is 1.94. The minimum atomic E-state index is 0.481. The topological polar surface area (TPSA) is 21.3 Å². The third kappa shape index (κ3) is 4.46. The summed E-state index contributed by atoms with van der Waals surface area (Å²) in [5.74, 6) is 2.68. The van der Waals surface area contributed by atoms with Crippen LogP contribution in [0, 0.1) is 17.8 Å². The Morgan fingerprint density at radius 1 is 0.950 bits per heavy atom. The fraction of sp³-hybridized carbons (Fsp3) is 1.00. The molecule has 1 N–H and O–H groups in total. The van der Waals surface area contributed by atoms with Gasteiger partial charge in [-0.3, -0.25) is 0 Å². The first-order valence-electron chi connectivity index (χ1n) is 9.15. The van der Waals surface area contributed by atoms with Gasteiger partial charge in [0.2, 0.25) is 0 Å². The van der Waals surface area contributed by atoms with Crippen LogP contribution in [0.5, 0.6) is 0 Å². The molecule has 2 aliphatic carbocycles. The maximum atomic E-state index is 6.17. The third-order valence-corrected chi connectivity index (χ3v) is 5.41. The molecule has 2 unspecified atom stereocenters. The smallest absolute Gasteiger partial charge is 0.0758 e. The van der Waals surface area contributed by atoms with Gasteiger partial charge in [-0.05, 0) is 63.3 Å². The Hall–Kier alpha value is -0.0800. The van der Waals surface area contributed by atoms with Crippen molar-refractivity contribution in [1.82, 2.24) is 5.32 Å². The monoisotopic (exact) mass is 281 g/mol. The molecular weight excluding hydrogens is 246 g/mol. The molecule has 2 atom stereocenters. The highest BCUT2D eigenvalue weighted by Gasteiger charge is 2.41. The molecule has 118 valence electrons. The zero-order valence-corrected chi connectivity index (χ0v) is 13.9. The molecule has 2 nitrogen and oxygen atoms in total. The minimum absolute atomic E-state index is 0.481. The largest absolute Gasteiger partial charge is 0.377 e. The van der Waals surface area contributed by atoms with Crippen LogP contribution in [0.1, 0.15) is 72.1 Å². The summed E-state index contributed by atoms with van der Waals surface area (Å²) >= 11 is 0. The van der Waals surface area contributed by atoms with Crippen LogP contribution in [-0.4, -0.2) is 25.3 Å². The van der Waals surface area contributed by atoms with Crippen molar-refractivity contribution in [1.29, 1.82) is 0 Å². The molecule has 2 rings (SSSR count). The lowest BCUT2D eigenvalue weighted by Crippen LogP contribution is -2.49. The molecule has 0 aromatic carbocycles. The van der Waals surface area contributed by atoms with Gasteiger partial charge in [-0.2, -0.15) is 0 Å². The van der Waals surface area contributed by atoms with Crippen molar-refractivity contribution in [3.05, 3.63) is 0 Å². The Morgan fingerprint density at radius 3 is 2.10 bits per heavy atom. The van der Waals surface area contributed by atoms with E-state index in [1.165, 1.54) is 51.4 Å². The average Bonchev–Trinajstić information content (AvgIpc) is 3.31. The summed E-state index contributed by atoms with van der Waals surface area (Å²) in [4.78, 5) is 0. The number of ether oxygens (including phenoxy) is 1. The van der Waals surface area contributed by atoms with Crippen LogP contribution in [-0.2, 0) is 4.74 Å². The number of nitrogens with one attached hydrogen (secondary N) is 1. The van der Waals surface area contributed by atoms with Gasteiger partial charge in [0, 0.05) is 12.6 Å². The summed E-state index contributed by atoms with van der Waals surface area (Å²) in [6.07, 6.45) is 11.6. The van der Waals surface area contributed by atoms with E-state index < -0.39 is 0 Å². The van der Waals surface area contributed by atoms with Gasteiger partial charge < -0.3 is 10.1 Å². The maximum absolute atomic E-state index is 6.17. The molecule has 0 aromatic rings. The highest BCUT2D eigenvalue weighted by molar-refractivity contribution is 4.95. The molecule has 0 radical (unpaired) electrons. The van der Waals surface area contributed by atoms with Gasteiger partial charge in [0.25, 0.3) is 0 Å². The van der Waals surface area contributed by atoms with Gasteiger partial charge in [0.1, 0.15) is 0 Å². The van der Waals surface area contributed by atoms with Crippen molar-refractivity contribution in [2.24, 2.45) is 17.8 Å².